The highest BCUT2D eigenvalue weighted by atomic mass is 32.2. The second-order valence-corrected chi connectivity index (χ2v) is 8.44. The van der Waals surface area contributed by atoms with E-state index in [-0.39, 0.29) is 21.8 Å². The Balaban J connectivity index is 1.69. The number of amides is 1. The van der Waals surface area contributed by atoms with E-state index in [0.717, 1.165) is 12.8 Å². The zero-order valence-electron chi connectivity index (χ0n) is 15.5. The monoisotopic (exact) mass is 416 g/mol. The van der Waals surface area contributed by atoms with E-state index in [0.29, 0.717) is 18.7 Å². The van der Waals surface area contributed by atoms with Crippen LogP contribution in [0.1, 0.15) is 28.8 Å². The summed E-state index contributed by atoms with van der Waals surface area (Å²) in [7, 11) is -3.63. The summed E-state index contributed by atoms with van der Waals surface area (Å²) in [6.45, 7) is 4.70. The van der Waals surface area contributed by atoms with E-state index in [1.807, 2.05) is 0 Å². The molecule has 1 fully saturated rings. The van der Waals surface area contributed by atoms with E-state index in [1.165, 1.54) is 46.8 Å². The fourth-order valence-corrected chi connectivity index (χ4v) is 4.52. The van der Waals surface area contributed by atoms with Gasteiger partial charge in [-0.3, -0.25) is 25.8 Å². The number of hydrogen-bond donors (Lipinski definition) is 2. The Labute approximate surface area is 168 Å². The topological polar surface area (TPSA) is 122 Å². The first-order valence-electron chi connectivity index (χ1n) is 8.89. The van der Waals surface area contributed by atoms with Gasteiger partial charge < -0.3 is 0 Å². The van der Waals surface area contributed by atoms with Crippen LogP contribution in [0.25, 0.3) is 5.70 Å². The fourth-order valence-electron chi connectivity index (χ4n) is 2.96. The summed E-state index contributed by atoms with van der Waals surface area (Å²) >= 11 is 0. The standard InChI is InChI=1S/C19H20N4O5S/c1-14(15-6-4-8-17(12-15)23(25)26)20-21-19(24)16-7-5-9-18(13-16)29(27,28)22-10-2-3-11-22/h4-9,12-13,20H,1-3,10-11H2,(H,21,24). The van der Waals surface area contributed by atoms with Crippen molar-refractivity contribution < 1.29 is 18.1 Å². The zero-order valence-corrected chi connectivity index (χ0v) is 16.3. The van der Waals surface area contributed by atoms with Crippen LogP contribution in [0.15, 0.2) is 60.0 Å². The average Bonchev–Trinajstić information content (AvgIpc) is 3.27. The molecule has 29 heavy (non-hydrogen) atoms. The van der Waals surface area contributed by atoms with Crippen molar-refractivity contribution in [3.8, 4) is 0 Å². The van der Waals surface area contributed by atoms with Crippen molar-refractivity contribution >= 4 is 27.3 Å². The normalized spacial score (nSPS) is 14.3. The van der Waals surface area contributed by atoms with Crippen molar-refractivity contribution in [1.82, 2.24) is 15.2 Å². The van der Waals surface area contributed by atoms with Crippen LogP contribution in [0.4, 0.5) is 5.69 Å². The summed E-state index contributed by atoms with van der Waals surface area (Å²) in [5, 5.41) is 10.9. The molecule has 1 aliphatic heterocycles. The molecule has 0 atom stereocenters. The van der Waals surface area contributed by atoms with Crippen molar-refractivity contribution in [2.45, 2.75) is 17.7 Å². The summed E-state index contributed by atoms with van der Waals surface area (Å²) in [5.74, 6) is -0.560. The van der Waals surface area contributed by atoms with Gasteiger partial charge in [0.25, 0.3) is 11.6 Å². The first-order valence-corrected chi connectivity index (χ1v) is 10.3. The Morgan fingerprint density at radius 3 is 2.38 bits per heavy atom. The van der Waals surface area contributed by atoms with Gasteiger partial charge in [-0.2, -0.15) is 4.31 Å². The van der Waals surface area contributed by atoms with Crippen LogP contribution < -0.4 is 10.9 Å². The third-order valence-electron chi connectivity index (χ3n) is 4.53. The van der Waals surface area contributed by atoms with Crippen LogP contribution in [0.3, 0.4) is 0 Å². The molecule has 0 unspecified atom stereocenters. The molecule has 2 aromatic rings. The van der Waals surface area contributed by atoms with E-state index >= 15 is 0 Å². The minimum absolute atomic E-state index is 0.0598. The molecule has 2 N–H and O–H groups in total. The number of non-ortho nitro benzene ring substituents is 1. The second kappa shape index (κ2) is 8.41. The predicted molar refractivity (Wildman–Crippen MR) is 107 cm³/mol. The fraction of sp³-hybridized carbons (Fsp3) is 0.211. The van der Waals surface area contributed by atoms with Gasteiger partial charge in [-0.25, -0.2) is 8.42 Å². The molecule has 1 saturated heterocycles. The molecular formula is C19H20N4O5S. The Kier molecular flexibility index (Phi) is 5.95. The van der Waals surface area contributed by atoms with E-state index < -0.39 is 20.9 Å². The van der Waals surface area contributed by atoms with Crippen LogP contribution in [0.2, 0.25) is 0 Å². The Morgan fingerprint density at radius 2 is 1.69 bits per heavy atom. The lowest BCUT2D eigenvalue weighted by Crippen LogP contribution is -2.36. The SMILES string of the molecule is C=C(NNC(=O)c1cccc(S(=O)(=O)N2CCCC2)c1)c1cccc([N+](=O)[O-])c1. The molecule has 3 rings (SSSR count). The molecule has 1 amide bonds. The molecule has 0 spiro atoms. The highest BCUT2D eigenvalue weighted by Gasteiger charge is 2.27. The van der Waals surface area contributed by atoms with Gasteiger partial charge in [-0.15, -0.1) is 0 Å². The van der Waals surface area contributed by atoms with Gasteiger partial charge in [0.2, 0.25) is 10.0 Å². The van der Waals surface area contributed by atoms with Gasteiger partial charge in [-0.1, -0.05) is 24.8 Å². The van der Waals surface area contributed by atoms with Crippen LogP contribution in [0.5, 0.6) is 0 Å². The van der Waals surface area contributed by atoms with Gasteiger partial charge in [0.05, 0.1) is 15.5 Å². The lowest BCUT2D eigenvalue weighted by atomic mass is 10.1. The molecule has 1 heterocycles. The Hall–Kier alpha value is -3.24. The molecule has 0 aliphatic carbocycles. The van der Waals surface area contributed by atoms with Crippen molar-refractivity contribution in [3.05, 3.63) is 76.4 Å². The van der Waals surface area contributed by atoms with Gasteiger partial charge in [0.15, 0.2) is 0 Å². The van der Waals surface area contributed by atoms with Crippen LogP contribution in [-0.2, 0) is 10.0 Å². The molecule has 152 valence electrons. The Bertz CT molecular complexity index is 1060. The number of hydrogen-bond acceptors (Lipinski definition) is 6. The van der Waals surface area contributed by atoms with Crippen molar-refractivity contribution in [2.24, 2.45) is 0 Å². The van der Waals surface area contributed by atoms with Crippen LogP contribution in [-0.4, -0.2) is 36.6 Å². The molecule has 1 aliphatic rings. The minimum Gasteiger partial charge on any atom is -0.298 e. The molecule has 2 aromatic carbocycles. The number of nitrogens with one attached hydrogen (secondary N) is 2. The number of carbonyl (C=O) groups is 1. The highest BCUT2D eigenvalue weighted by Crippen LogP contribution is 2.21. The molecular weight excluding hydrogens is 396 g/mol. The van der Waals surface area contributed by atoms with Gasteiger partial charge in [0.1, 0.15) is 0 Å². The summed E-state index contributed by atoms with van der Waals surface area (Å²) < 4.78 is 26.7. The quantitative estimate of drug-likeness (QED) is 0.528. The number of sulfonamides is 1. The van der Waals surface area contributed by atoms with Crippen LogP contribution in [0, 0.1) is 10.1 Å². The zero-order chi connectivity index (χ0) is 21.0. The molecule has 0 aromatic heterocycles. The van der Waals surface area contributed by atoms with Gasteiger partial charge in [-0.05, 0) is 31.0 Å². The molecule has 10 heteroatoms. The number of hydrazine groups is 1. The van der Waals surface area contributed by atoms with Crippen LogP contribution >= 0.6 is 0 Å². The van der Waals surface area contributed by atoms with Gasteiger partial charge >= 0.3 is 0 Å². The van der Waals surface area contributed by atoms with Crippen molar-refractivity contribution in [1.29, 1.82) is 0 Å². The minimum atomic E-state index is -3.63. The lowest BCUT2D eigenvalue weighted by Gasteiger charge is -2.16. The number of nitrogens with zero attached hydrogens (tertiary/aromatic N) is 2. The van der Waals surface area contributed by atoms with E-state index in [2.05, 4.69) is 17.4 Å². The Morgan fingerprint density at radius 1 is 1.03 bits per heavy atom. The number of rotatable bonds is 7. The highest BCUT2D eigenvalue weighted by molar-refractivity contribution is 7.89. The number of benzene rings is 2. The first kappa shape index (κ1) is 20.5. The average molecular weight is 416 g/mol. The second-order valence-electron chi connectivity index (χ2n) is 6.50. The first-order chi connectivity index (χ1) is 13.8. The molecule has 0 radical (unpaired) electrons. The van der Waals surface area contributed by atoms with Gasteiger partial charge in [0, 0.05) is 36.3 Å². The number of nitro benzene ring substituents is 1. The van der Waals surface area contributed by atoms with Crippen molar-refractivity contribution in [3.63, 3.8) is 0 Å². The summed E-state index contributed by atoms with van der Waals surface area (Å²) in [6.07, 6.45) is 1.65. The maximum atomic E-state index is 12.7. The predicted octanol–water partition coefficient (Wildman–Crippen LogP) is 2.28. The van der Waals surface area contributed by atoms with E-state index in [1.54, 1.807) is 6.07 Å². The van der Waals surface area contributed by atoms with E-state index in [4.69, 9.17) is 0 Å². The molecule has 0 bridgehead atoms. The third-order valence-corrected chi connectivity index (χ3v) is 6.43. The summed E-state index contributed by atoms with van der Waals surface area (Å²) in [4.78, 5) is 22.8. The van der Waals surface area contributed by atoms with E-state index in [9.17, 15) is 23.3 Å². The number of carbonyl (C=O) groups excluding carboxylic acids is 1. The maximum absolute atomic E-state index is 12.7. The number of nitro groups is 1. The maximum Gasteiger partial charge on any atom is 0.270 e. The largest absolute Gasteiger partial charge is 0.298 e. The lowest BCUT2D eigenvalue weighted by molar-refractivity contribution is -0.384. The summed E-state index contributed by atoms with van der Waals surface area (Å²) in [6, 6.07) is 11.6. The smallest absolute Gasteiger partial charge is 0.270 e. The molecule has 9 nitrogen and oxygen atoms in total. The summed E-state index contributed by atoms with van der Waals surface area (Å²) in [5.41, 5.74) is 5.77. The third kappa shape index (κ3) is 4.61. The molecule has 0 saturated carbocycles. The van der Waals surface area contributed by atoms with Crippen molar-refractivity contribution in [2.75, 3.05) is 13.1 Å².